The molecule has 1 unspecified atom stereocenters. The molecule has 0 bridgehead atoms. The van der Waals surface area contributed by atoms with Crippen LogP contribution in [-0.2, 0) is 16.1 Å². The summed E-state index contributed by atoms with van der Waals surface area (Å²) in [4.78, 5) is 28.6. The summed E-state index contributed by atoms with van der Waals surface area (Å²) in [5.74, 6) is 1.39. The zero-order chi connectivity index (χ0) is 27.8. The molecule has 1 atom stereocenters. The van der Waals surface area contributed by atoms with Gasteiger partial charge in [-0.1, -0.05) is 18.2 Å². The van der Waals surface area contributed by atoms with Gasteiger partial charge in [-0.25, -0.2) is 4.98 Å². The van der Waals surface area contributed by atoms with Gasteiger partial charge in [-0.05, 0) is 85.8 Å². The quantitative estimate of drug-likeness (QED) is 0.190. The van der Waals surface area contributed by atoms with Crippen LogP contribution in [0.1, 0.15) is 37.9 Å². The van der Waals surface area contributed by atoms with Crippen LogP contribution in [0.4, 0.5) is 17.2 Å². The Morgan fingerprint density at radius 3 is 2.64 bits per heavy atom. The van der Waals surface area contributed by atoms with Crippen molar-refractivity contribution in [1.82, 2.24) is 10.3 Å². The Bertz CT molecular complexity index is 1460. The van der Waals surface area contributed by atoms with E-state index in [2.05, 4.69) is 20.9 Å². The second-order valence-corrected chi connectivity index (χ2v) is 9.20. The molecule has 4 rings (SSSR count). The minimum Gasteiger partial charge on any atom is -0.490 e. The SMILES string of the molecule is CCOc1cc(C(Nc2ccc3c(N)nccc3c2)C(=O)NCc2cccc(NC=O)c2)ccc1OC(C)C. The third-order valence-corrected chi connectivity index (χ3v) is 5.95. The molecule has 5 N–H and O–H groups in total. The molecule has 0 aliphatic carbocycles. The number of hydrogen-bond donors (Lipinski definition) is 4. The van der Waals surface area contributed by atoms with Gasteiger partial charge in [-0.15, -0.1) is 0 Å². The van der Waals surface area contributed by atoms with E-state index in [0.29, 0.717) is 41.6 Å². The highest BCUT2D eigenvalue weighted by atomic mass is 16.5. The number of ether oxygens (including phenoxy) is 2. The van der Waals surface area contributed by atoms with Crippen molar-refractivity contribution in [3.8, 4) is 11.5 Å². The number of nitrogens with two attached hydrogens (primary N) is 1. The van der Waals surface area contributed by atoms with E-state index in [1.807, 2.05) is 81.4 Å². The Hall–Kier alpha value is -4.79. The summed E-state index contributed by atoms with van der Waals surface area (Å²) in [7, 11) is 0. The Labute approximate surface area is 227 Å². The predicted molar refractivity (Wildman–Crippen MR) is 154 cm³/mol. The van der Waals surface area contributed by atoms with Crippen molar-refractivity contribution in [2.75, 3.05) is 23.0 Å². The molecule has 39 heavy (non-hydrogen) atoms. The van der Waals surface area contributed by atoms with Crippen LogP contribution in [0.5, 0.6) is 11.5 Å². The van der Waals surface area contributed by atoms with E-state index in [9.17, 15) is 9.59 Å². The van der Waals surface area contributed by atoms with E-state index < -0.39 is 6.04 Å². The molecular weight excluding hydrogens is 494 g/mol. The lowest BCUT2D eigenvalue weighted by atomic mass is 10.0. The second kappa shape index (κ2) is 12.6. The molecule has 1 aromatic heterocycles. The van der Waals surface area contributed by atoms with E-state index in [1.165, 1.54) is 0 Å². The molecule has 0 fully saturated rings. The lowest BCUT2D eigenvalue weighted by Crippen LogP contribution is -2.33. The van der Waals surface area contributed by atoms with Gasteiger partial charge in [-0.3, -0.25) is 9.59 Å². The van der Waals surface area contributed by atoms with Gasteiger partial charge < -0.3 is 31.2 Å². The van der Waals surface area contributed by atoms with E-state index in [-0.39, 0.29) is 18.6 Å². The smallest absolute Gasteiger partial charge is 0.247 e. The molecule has 9 nitrogen and oxygen atoms in total. The predicted octanol–water partition coefficient (Wildman–Crippen LogP) is 5.04. The molecule has 3 aromatic carbocycles. The second-order valence-electron chi connectivity index (χ2n) is 9.20. The van der Waals surface area contributed by atoms with E-state index in [4.69, 9.17) is 15.2 Å². The maximum absolute atomic E-state index is 13.6. The van der Waals surface area contributed by atoms with Crippen LogP contribution in [0, 0.1) is 0 Å². The highest BCUT2D eigenvalue weighted by Crippen LogP contribution is 2.33. The number of anilines is 3. The normalized spacial score (nSPS) is 11.6. The van der Waals surface area contributed by atoms with Gasteiger partial charge in [0.2, 0.25) is 12.3 Å². The maximum Gasteiger partial charge on any atom is 0.247 e. The molecule has 9 heteroatoms. The molecule has 0 radical (unpaired) electrons. The molecule has 0 aliphatic heterocycles. The number of fused-ring (bicyclic) bond motifs is 1. The van der Waals surface area contributed by atoms with Crippen LogP contribution in [0.25, 0.3) is 10.8 Å². The lowest BCUT2D eigenvalue weighted by Gasteiger charge is -2.22. The summed E-state index contributed by atoms with van der Waals surface area (Å²) in [6.07, 6.45) is 2.24. The van der Waals surface area contributed by atoms with Crippen LogP contribution in [-0.4, -0.2) is 30.0 Å². The molecule has 0 aliphatic rings. The number of nitrogen functional groups attached to an aromatic ring is 1. The molecule has 2 amide bonds. The monoisotopic (exact) mass is 527 g/mol. The topological polar surface area (TPSA) is 128 Å². The lowest BCUT2D eigenvalue weighted by molar-refractivity contribution is -0.122. The number of pyridine rings is 1. The van der Waals surface area contributed by atoms with Crippen LogP contribution in [0.3, 0.4) is 0 Å². The van der Waals surface area contributed by atoms with Gasteiger partial charge in [-0.2, -0.15) is 0 Å². The third-order valence-electron chi connectivity index (χ3n) is 5.95. The number of aromatic nitrogens is 1. The van der Waals surface area contributed by atoms with Crippen molar-refractivity contribution in [2.45, 2.75) is 39.5 Å². The van der Waals surface area contributed by atoms with Crippen molar-refractivity contribution < 1.29 is 19.1 Å². The summed E-state index contributed by atoms with van der Waals surface area (Å²) in [5.41, 5.74) is 8.96. The first-order chi connectivity index (χ1) is 18.9. The first-order valence-electron chi connectivity index (χ1n) is 12.8. The fourth-order valence-electron chi connectivity index (χ4n) is 4.21. The molecule has 0 saturated heterocycles. The van der Waals surface area contributed by atoms with E-state index >= 15 is 0 Å². The third kappa shape index (κ3) is 6.95. The highest BCUT2D eigenvalue weighted by molar-refractivity contribution is 5.94. The van der Waals surface area contributed by atoms with Crippen molar-refractivity contribution in [2.24, 2.45) is 0 Å². The number of nitrogens with one attached hydrogen (secondary N) is 3. The van der Waals surface area contributed by atoms with Crippen molar-refractivity contribution >= 4 is 40.3 Å². The Morgan fingerprint density at radius 1 is 1.03 bits per heavy atom. The number of benzene rings is 3. The number of hydrogen-bond acceptors (Lipinski definition) is 7. The Morgan fingerprint density at radius 2 is 1.87 bits per heavy atom. The van der Waals surface area contributed by atoms with Crippen LogP contribution in [0.2, 0.25) is 0 Å². The molecule has 202 valence electrons. The van der Waals surface area contributed by atoms with Gasteiger partial charge in [0, 0.05) is 29.5 Å². The highest BCUT2D eigenvalue weighted by Gasteiger charge is 2.23. The zero-order valence-corrected chi connectivity index (χ0v) is 22.2. The number of carbonyl (C=O) groups is 2. The fourth-order valence-corrected chi connectivity index (χ4v) is 4.21. The minimum atomic E-state index is -0.745. The summed E-state index contributed by atoms with van der Waals surface area (Å²) in [6.45, 7) is 6.52. The summed E-state index contributed by atoms with van der Waals surface area (Å²) in [6, 6.07) is 19.6. The van der Waals surface area contributed by atoms with Crippen molar-refractivity contribution in [1.29, 1.82) is 0 Å². The van der Waals surface area contributed by atoms with Gasteiger partial charge in [0.15, 0.2) is 11.5 Å². The van der Waals surface area contributed by atoms with Crippen LogP contribution >= 0.6 is 0 Å². The molecule has 4 aromatic rings. The number of rotatable bonds is 12. The average molecular weight is 528 g/mol. The number of carbonyl (C=O) groups excluding carboxylic acids is 2. The first kappa shape index (κ1) is 27.3. The molecule has 0 saturated carbocycles. The maximum atomic E-state index is 13.6. The summed E-state index contributed by atoms with van der Waals surface area (Å²) >= 11 is 0. The first-order valence-corrected chi connectivity index (χ1v) is 12.8. The van der Waals surface area contributed by atoms with Gasteiger partial charge in [0.25, 0.3) is 0 Å². The van der Waals surface area contributed by atoms with Gasteiger partial charge >= 0.3 is 0 Å². The Kier molecular flexibility index (Phi) is 8.83. The Balaban J connectivity index is 1.65. The molecular formula is C30H33N5O4. The molecule has 1 heterocycles. The molecule has 0 spiro atoms. The largest absolute Gasteiger partial charge is 0.490 e. The summed E-state index contributed by atoms with van der Waals surface area (Å²) < 4.78 is 11.8. The van der Waals surface area contributed by atoms with E-state index in [0.717, 1.165) is 22.0 Å². The fraction of sp³-hybridized carbons (Fsp3) is 0.233. The van der Waals surface area contributed by atoms with Gasteiger partial charge in [0.05, 0.1) is 12.7 Å². The van der Waals surface area contributed by atoms with Crippen LogP contribution in [0.15, 0.2) is 72.9 Å². The minimum absolute atomic E-state index is 0.0312. The summed E-state index contributed by atoms with van der Waals surface area (Å²) in [5, 5.41) is 10.8. The van der Waals surface area contributed by atoms with Crippen molar-refractivity contribution in [3.05, 3.63) is 84.1 Å². The van der Waals surface area contributed by atoms with Crippen molar-refractivity contribution in [3.63, 3.8) is 0 Å². The van der Waals surface area contributed by atoms with Crippen LogP contribution < -0.4 is 31.2 Å². The average Bonchev–Trinajstić information content (AvgIpc) is 2.92. The zero-order valence-electron chi connectivity index (χ0n) is 22.2. The standard InChI is InChI=1S/C30H33N5O4/c1-4-38-27-16-22(8-11-26(27)39-19(2)3)28(30(37)33-17-20-6-5-7-23(14-20)34-18-36)35-24-9-10-25-21(15-24)12-13-32-29(25)31/h5-16,18-19,28,35H,4,17H2,1-3H3,(H2,31,32)(H,33,37)(H,34,36). The number of amides is 2. The van der Waals surface area contributed by atoms with E-state index in [1.54, 1.807) is 12.3 Å². The van der Waals surface area contributed by atoms with Gasteiger partial charge in [0.1, 0.15) is 11.9 Å². The number of nitrogens with zero attached hydrogens (tertiary/aromatic N) is 1.